The van der Waals surface area contributed by atoms with Crippen LogP contribution in [0.5, 0.6) is 5.75 Å². The molecular formula is C14H21NO. The van der Waals surface area contributed by atoms with Crippen molar-refractivity contribution in [3.8, 4) is 5.75 Å². The summed E-state index contributed by atoms with van der Waals surface area (Å²) in [5.74, 6) is 0.298. The average molecular weight is 219 g/mol. The zero-order valence-electron chi connectivity index (χ0n) is 10.0. The summed E-state index contributed by atoms with van der Waals surface area (Å²) in [5, 5.41) is 9.25. The van der Waals surface area contributed by atoms with Crippen LogP contribution in [0.1, 0.15) is 44.6 Å². The first kappa shape index (κ1) is 12.8. The summed E-state index contributed by atoms with van der Waals surface area (Å²) in [4.78, 5) is 4.34. The highest BCUT2D eigenvalue weighted by molar-refractivity contribution is 5.80. The minimum absolute atomic E-state index is 0.298. The summed E-state index contributed by atoms with van der Waals surface area (Å²) < 4.78 is 0. The summed E-state index contributed by atoms with van der Waals surface area (Å²) in [6, 6.07) is 7.17. The first-order valence-electron chi connectivity index (χ1n) is 6.12. The minimum Gasteiger partial charge on any atom is -0.508 e. The number of rotatable bonds is 7. The van der Waals surface area contributed by atoms with E-state index in [1.165, 1.54) is 25.7 Å². The van der Waals surface area contributed by atoms with Crippen LogP contribution >= 0.6 is 0 Å². The Kier molecular flexibility index (Phi) is 6.31. The molecule has 0 aromatic heterocycles. The molecule has 0 atom stereocenters. The number of phenolic OH excluding ortho intramolecular Hbond substituents is 1. The predicted octanol–water partition coefficient (Wildman–Crippen LogP) is 3.78. The fourth-order valence-corrected chi connectivity index (χ4v) is 1.58. The number of hydrogen-bond acceptors (Lipinski definition) is 2. The Morgan fingerprint density at radius 1 is 1.19 bits per heavy atom. The van der Waals surface area contributed by atoms with E-state index in [-0.39, 0.29) is 0 Å². The van der Waals surface area contributed by atoms with Crippen molar-refractivity contribution in [3.63, 3.8) is 0 Å². The largest absolute Gasteiger partial charge is 0.508 e. The molecule has 1 aromatic rings. The van der Waals surface area contributed by atoms with Gasteiger partial charge < -0.3 is 5.11 Å². The average Bonchev–Trinajstić information content (AvgIpc) is 2.28. The molecule has 0 bridgehead atoms. The molecular weight excluding hydrogens is 198 g/mol. The molecule has 0 amide bonds. The van der Waals surface area contributed by atoms with E-state index >= 15 is 0 Å². The van der Waals surface area contributed by atoms with Crippen molar-refractivity contribution in [1.29, 1.82) is 0 Å². The van der Waals surface area contributed by atoms with Crippen LogP contribution in [0, 0.1) is 0 Å². The van der Waals surface area contributed by atoms with Gasteiger partial charge >= 0.3 is 0 Å². The summed E-state index contributed by atoms with van der Waals surface area (Å²) >= 11 is 0. The predicted molar refractivity (Wildman–Crippen MR) is 69.3 cm³/mol. The number of benzene rings is 1. The zero-order chi connectivity index (χ0) is 11.6. The molecule has 0 heterocycles. The molecule has 88 valence electrons. The lowest BCUT2D eigenvalue weighted by Gasteiger charge is -1.97. The number of unbranched alkanes of at least 4 members (excludes halogenated alkanes) is 4. The van der Waals surface area contributed by atoms with Crippen molar-refractivity contribution in [2.75, 3.05) is 6.54 Å². The van der Waals surface area contributed by atoms with Crippen molar-refractivity contribution in [2.24, 2.45) is 4.99 Å². The van der Waals surface area contributed by atoms with Gasteiger partial charge in [-0.1, -0.05) is 44.7 Å². The summed E-state index contributed by atoms with van der Waals surface area (Å²) in [5.41, 5.74) is 0.966. The van der Waals surface area contributed by atoms with E-state index in [0.717, 1.165) is 18.5 Å². The monoisotopic (exact) mass is 219 g/mol. The van der Waals surface area contributed by atoms with Crippen molar-refractivity contribution < 1.29 is 5.11 Å². The Balaban J connectivity index is 2.17. The molecule has 2 heteroatoms. The van der Waals surface area contributed by atoms with E-state index in [0.29, 0.717) is 5.75 Å². The quantitative estimate of drug-likeness (QED) is 0.549. The fourth-order valence-electron chi connectivity index (χ4n) is 1.58. The number of nitrogens with zero attached hydrogens (tertiary/aromatic N) is 1. The minimum atomic E-state index is 0.298. The van der Waals surface area contributed by atoms with Gasteiger partial charge in [-0.3, -0.25) is 4.99 Å². The highest BCUT2D eigenvalue weighted by atomic mass is 16.3. The molecule has 1 N–H and O–H groups in total. The van der Waals surface area contributed by atoms with Gasteiger partial charge in [-0.2, -0.15) is 0 Å². The molecule has 0 aliphatic heterocycles. The van der Waals surface area contributed by atoms with Gasteiger partial charge in [0.2, 0.25) is 0 Å². The molecule has 0 saturated carbocycles. The van der Waals surface area contributed by atoms with E-state index in [2.05, 4.69) is 11.9 Å². The van der Waals surface area contributed by atoms with Gasteiger partial charge in [0.25, 0.3) is 0 Å². The highest BCUT2D eigenvalue weighted by Gasteiger charge is 1.90. The molecule has 0 saturated heterocycles. The third kappa shape index (κ3) is 5.54. The topological polar surface area (TPSA) is 32.6 Å². The van der Waals surface area contributed by atoms with Gasteiger partial charge in [0, 0.05) is 12.8 Å². The molecule has 0 radical (unpaired) electrons. The lowest BCUT2D eigenvalue weighted by Crippen LogP contribution is -1.85. The Bertz CT molecular complexity index is 320. The third-order valence-corrected chi connectivity index (χ3v) is 2.50. The maximum atomic E-state index is 9.25. The second kappa shape index (κ2) is 7.91. The first-order chi connectivity index (χ1) is 7.83. The van der Waals surface area contributed by atoms with Gasteiger partial charge in [-0.15, -0.1) is 0 Å². The van der Waals surface area contributed by atoms with Crippen LogP contribution in [0.2, 0.25) is 0 Å². The second-order valence-electron chi connectivity index (χ2n) is 4.04. The summed E-state index contributed by atoms with van der Waals surface area (Å²) in [6.07, 6.45) is 8.20. The smallest absolute Gasteiger partial charge is 0.116 e. The molecule has 0 fully saturated rings. The lowest BCUT2D eigenvalue weighted by atomic mass is 10.1. The Hall–Kier alpha value is -1.31. The van der Waals surface area contributed by atoms with Crippen molar-refractivity contribution in [3.05, 3.63) is 29.8 Å². The molecule has 1 aromatic carbocycles. The van der Waals surface area contributed by atoms with Crippen molar-refractivity contribution >= 4 is 6.21 Å². The zero-order valence-corrected chi connectivity index (χ0v) is 10.0. The van der Waals surface area contributed by atoms with Crippen molar-refractivity contribution in [2.45, 2.75) is 39.0 Å². The van der Waals surface area contributed by atoms with Gasteiger partial charge in [-0.05, 0) is 24.1 Å². The van der Waals surface area contributed by atoms with Crippen LogP contribution in [0.15, 0.2) is 29.3 Å². The summed E-state index contributed by atoms with van der Waals surface area (Å²) in [7, 11) is 0. The standard InChI is InChI=1S/C14H21NO/c1-2-3-4-5-6-10-15-12-13-8-7-9-14(16)11-13/h7-9,11-12,16H,2-6,10H2,1H3. The maximum Gasteiger partial charge on any atom is 0.116 e. The highest BCUT2D eigenvalue weighted by Crippen LogP contribution is 2.09. The van der Waals surface area contributed by atoms with Gasteiger partial charge in [0.1, 0.15) is 5.75 Å². The van der Waals surface area contributed by atoms with Crippen LogP contribution in [0.4, 0.5) is 0 Å². The van der Waals surface area contributed by atoms with E-state index in [4.69, 9.17) is 0 Å². The molecule has 16 heavy (non-hydrogen) atoms. The number of phenols is 1. The molecule has 0 aliphatic rings. The molecule has 2 nitrogen and oxygen atoms in total. The van der Waals surface area contributed by atoms with E-state index in [1.54, 1.807) is 12.1 Å². The van der Waals surface area contributed by atoms with Crippen LogP contribution in [-0.2, 0) is 0 Å². The fraction of sp³-hybridized carbons (Fsp3) is 0.500. The number of aromatic hydroxyl groups is 1. The van der Waals surface area contributed by atoms with Crippen molar-refractivity contribution in [1.82, 2.24) is 0 Å². The van der Waals surface area contributed by atoms with E-state index in [9.17, 15) is 5.11 Å². The van der Waals surface area contributed by atoms with Gasteiger partial charge in [0.15, 0.2) is 0 Å². The molecule has 0 unspecified atom stereocenters. The normalized spacial score (nSPS) is 11.1. The maximum absolute atomic E-state index is 9.25. The Morgan fingerprint density at radius 2 is 2.00 bits per heavy atom. The number of aliphatic imine (C=N–C) groups is 1. The molecule has 0 aliphatic carbocycles. The van der Waals surface area contributed by atoms with E-state index < -0.39 is 0 Å². The molecule has 0 spiro atoms. The third-order valence-electron chi connectivity index (χ3n) is 2.50. The van der Waals surface area contributed by atoms with E-state index in [1.807, 2.05) is 18.3 Å². The lowest BCUT2D eigenvalue weighted by molar-refractivity contribution is 0.475. The van der Waals surface area contributed by atoms with Crippen LogP contribution in [-0.4, -0.2) is 17.9 Å². The van der Waals surface area contributed by atoms with Crippen LogP contribution in [0.3, 0.4) is 0 Å². The SMILES string of the molecule is CCCCCCCN=Cc1cccc(O)c1. The Labute approximate surface area is 98.0 Å². The summed E-state index contributed by atoms with van der Waals surface area (Å²) in [6.45, 7) is 3.11. The van der Waals surface area contributed by atoms with Crippen LogP contribution < -0.4 is 0 Å². The number of hydrogen-bond donors (Lipinski definition) is 1. The molecule has 1 rings (SSSR count). The Morgan fingerprint density at radius 3 is 2.75 bits per heavy atom. The first-order valence-corrected chi connectivity index (χ1v) is 6.12. The van der Waals surface area contributed by atoms with Gasteiger partial charge in [0.05, 0.1) is 0 Å². The van der Waals surface area contributed by atoms with Crippen LogP contribution in [0.25, 0.3) is 0 Å². The second-order valence-corrected chi connectivity index (χ2v) is 4.04. The van der Waals surface area contributed by atoms with Gasteiger partial charge in [-0.25, -0.2) is 0 Å².